The minimum absolute atomic E-state index is 0.125. The van der Waals surface area contributed by atoms with Crippen molar-refractivity contribution in [3.05, 3.63) is 71.3 Å². The number of hydrogen-bond acceptors (Lipinski definition) is 4. The average molecular weight is 508 g/mol. The molecule has 8 heteroatoms. The molecule has 36 heavy (non-hydrogen) atoms. The number of aryl methyl sites for hydroxylation is 1. The number of fused-ring (bicyclic) bond motifs is 1. The number of likely N-dealkylation sites (tertiary alicyclic amines) is 1. The fraction of sp³-hybridized carbons (Fsp3) is 0.357. The van der Waals surface area contributed by atoms with Crippen molar-refractivity contribution in [2.24, 2.45) is 0 Å². The summed E-state index contributed by atoms with van der Waals surface area (Å²) in [6.45, 7) is 7.00. The molecule has 0 unspecified atom stereocenters. The highest BCUT2D eigenvalue weighted by Gasteiger charge is 2.28. The number of rotatable bonds is 7. The second kappa shape index (κ2) is 10.8. The van der Waals surface area contributed by atoms with E-state index in [2.05, 4.69) is 10.0 Å². The van der Waals surface area contributed by atoms with Crippen molar-refractivity contribution in [2.45, 2.75) is 57.4 Å². The van der Waals surface area contributed by atoms with E-state index in [9.17, 15) is 18.0 Å². The summed E-state index contributed by atoms with van der Waals surface area (Å²) >= 11 is 0. The number of nitrogens with zero attached hydrogens (tertiary/aromatic N) is 1. The quantitative estimate of drug-likeness (QED) is 0.481. The Morgan fingerprint density at radius 3 is 2.33 bits per heavy atom. The van der Waals surface area contributed by atoms with Crippen molar-refractivity contribution < 1.29 is 18.0 Å². The monoisotopic (exact) mass is 507 g/mol. The Morgan fingerprint density at radius 2 is 1.64 bits per heavy atom. The van der Waals surface area contributed by atoms with Gasteiger partial charge in [0.15, 0.2) is 0 Å². The molecule has 0 aromatic heterocycles. The van der Waals surface area contributed by atoms with Gasteiger partial charge in [-0.05, 0) is 67.8 Å². The van der Waals surface area contributed by atoms with Gasteiger partial charge in [0, 0.05) is 42.2 Å². The van der Waals surface area contributed by atoms with E-state index in [0.29, 0.717) is 48.7 Å². The minimum Gasteiger partial charge on any atom is -0.343 e. The van der Waals surface area contributed by atoms with Crippen LogP contribution in [-0.2, 0) is 14.8 Å². The standard InChI is InChI=1S/C28H33N3O4S/c1-4-8-27(32)31-17-15-21(16-18-31)30-36(34,35)26-14-13-24(22-10-5-6-11-23(22)26)28(33)29-25-12-7-9-19(2)20(25)3/h5-7,9-14,21,30H,4,8,15-18H2,1-3H3,(H,29,33). The van der Waals surface area contributed by atoms with Gasteiger partial charge in [0.25, 0.3) is 5.91 Å². The van der Waals surface area contributed by atoms with Crippen molar-refractivity contribution in [3.8, 4) is 0 Å². The van der Waals surface area contributed by atoms with Crippen LogP contribution in [0.3, 0.4) is 0 Å². The second-order valence-corrected chi connectivity index (χ2v) is 11.1. The maximum absolute atomic E-state index is 13.4. The van der Waals surface area contributed by atoms with Gasteiger partial charge in [0.05, 0.1) is 4.90 Å². The number of carbonyl (C=O) groups is 2. The van der Waals surface area contributed by atoms with E-state index in [1.165, 1.54) is 6.07 Å². The van der Waals surface area contributed by atoms with Crippen molar-refractivity contribution >= 4 is 38.3 Å². The number of sulfonamides is 1. The SMILES string of the molecule is CCCC(=O)N1CCC(NS(=O)(=O)c2ccc(C(=O)Nc3cccc(C)c3C)c3ccccc23)CC1. The van der Waals surface area contributed by atoms with E-state index >= 15 is 0 Å². The smallest absolute Gasteiger partial charge is 0.256 e. The molecule has 1 saturated heterocycles. The highest BCUT2D eigenvalue weighted by Crippen LogP contribution is 2.28. The first-order valence-corrected chi connectivity index (χ1v) is 13.9. The van der Waals surface area contributed by atoms with Gasteiger partial charge < -0.3 is 10.2 Å². The lowest BCUT2D eigenvalue weighted by molar-refractivity contribution is -0.132. The zero-order valence-electron chi connectivity index (χ0n) is 21.0. The van der Waals surface area contributed by atoms with Crippen molar-refractivity contribution in [1.29, 1.82) is 0 Å². The summed E-state index contributed by atoms with van der Waals surface area (Å²) in [5, 5.41) is 4.04. The molecule has 0 radical (unpaired) electrons. The molecule has 190 valence electrons. The van der Waals surface area contributed by atoms with Gasteiger partial charge in [-0.1, -0.05) is 43.3 Å². The molecule has 7 nitrogen and oxygen atoms in total. The molecule has 3 aromatic rings. The number of piperidine rings is 1. The molecule has 1 aliphatic rings. The number of nitrogens with one attached hydrogen (secondary N) is 2. The van der Waals surface area contributed by atoms with Crippen molar-refractivity contribution in [3.63, 3.8) is 0 Å². The van der Waals surface area contributed by atoms with Gasteiger partial charge >= 0.3 is 0 Å². The van der Waals surface area contributed by atoms with Crippen LogP contribution in [0.5, 0.6) is 0 Å². The topological polar surface area (TPSA) is 95.6 Å². The van der Waals surface area contributed by atoms with Gasteiger partial charge in [0.2, 0.25) is 15.9 Å². The molecule has 4 rings (SSSR count). The van der Waals surface area contributed by atoms with Crippen LogP contribution in [0.2, 0.25) is 0 Å². The third kappa shape index (κ3) is 5.44. The Kier molecular flexibility index (Phi) is 7.76. The highest BCUT2D eigenvalue weighted by atomic mass is 32.2. The molecular formula is C28H33N3O4S. The zero-order valence-corrected chi connectivity index (χ0v) is 21.8. The van der Waals surface area contributed by atoms with Gasteiger partial charge in [-0.2, -0.15) is 0 Å². The first-order valence-electron chi connectivity index (χ1n) is 12.4. The predicted molar refractivity (Wildman–Crippen MR) is 143 cm³/mol. The molecule has 1 aliphatic heterocycles. The molecule has 1 heterocycles. The number of anilines is 1. The molecule has 0 atom stereocenters. The van der Waals surface area contributed by atoms with E-state index < -0.39 is 10.0 Å². The third-order valence-electron chi connectivity index (χ3n) is 6.90. The van der Waals surface area contributed by atoms with Crippen LogP contribution in [0, 0.1) is 13.8 Å². The van der Waals surface area contributed by atoms with Crippen LogP contribution in [0.4, 0.5) is 5.69 Å². The molecule has 0 aliphatic carbocycles. The first-order chi connectivity index (χ1) is 17.2. The van der Waals surface area contributed by atoms with Crippen LogP contribution in [0.25, 0.3) is 10.8 Å². The van der Waals surface area contributed by atoms with Crippen LogP contribution in [0.15, 0.2) is 59.5 Å². The number of benzene rings is 3. The minimum atomic E-state index is -3.83. The summed E-state index contributed by atoms with van der Waals surface area (Å²) in [4.78, 5) is 27.3. The van der Waals surface area contributed by atoms with Crippen molar-refractivity contribution in [1.82, 2.24) is 9.62 Å². The largest absolute Gasteiger partial charge is 0.343 e. The zero-order chi connectivity index (χ0) is 25.9. The Labute approximate surface area is 212 Å². The van der Waals surface area contributed by atoms with E-state index in [-0.39, 0.29) is 22.8 Å². The van der Waals surface area contributed by atoms with Gasteiger partial charge in [0.1, 0.15) is 0 Å². The maximum atomic E-state index is 13.4. The fourth-order valence-electron chi connectivity index (χ4n) is 4.68. The van der Waals surface area contributed by atoms with E-state index in [1.54, 1.807) is 30.3 Å². The summed E-state index contributed by atoms with van der Waals surface area (Å²) in [5.41, 5.74) is 3.20. The molecule has 0 spiro atoms. The Hall–Kier alpha value is -3.23. The molecular weight excluding hydrogens is 474 g/mol. The van der Waals surface area contributed by atoms with Crippen LogP contribution in [-0.4, -0.2) is 44.3 Å². The van der Waals surface area contributed by atoms with E-state index in [1.807, 2.05) is 43.9 Å². The van der Waals surface area contributed by atoms with Gasteiger partial charge in [-0.15, -0.1) is 0 Å². The summed E-state index contributed by atoms with van der Waals surface area (Å²) < 4.78 is 29.6. The van der Waals surface area contributed by atoms with Gasteiger partial charge in [-0.25, -0.2) is 13.1 Å². The number of amides is 2. The van der Waals surface area contributed by atoms with Crippen LogP contribution >= 0.6 is 0 Å². The van der Waals surface area contributed by atoms with Gasteiger partial charge in [-0.3, -0.25) is 9.59 Å². The Morgan fingerprint density at radius 1 is 0.944 bits per heavy atom. The summed E-state index contributed by atoms with van der Waals surface area (Å²) in [6, 6.07) is 15.6. The summed E-state index contributed by atoms with van der Waals surface area (Å²) in [7, 11) is -3.83. The number of carbonyl (C=O) groups excluding carboxylic acids is 2. The highest BCUT2D eigenvalue weighted by molar-refractivity contribution is 7.89. The Bertz CT molecular complexity index is 1390. The summed E-state index contributed by atoms with van der Waals surface area (Å²) in [5.74, 6) is -0.166. The lowest BCUT2D eigenvalue weighted by atomic mass is 10.0. The molecule has 0 saturated carbocycles. The average Bonchev–Trinajstić information content (AvgIpc) is 2.86. The third-order valence-corrected chi connectivity index (χ3v) is 8.48. The molecule has 2 amide bonds. The van der Waals surface area contributed by atoms with E-state index in [0.717, 1.165) is 23.2 Å². The summed E-state index contributed by atoms with van der Waals surface area (Å²) in [6.07, 6.45) is 2.47. The molecule has 1 fully saturated rings. The first kappa shape index (κ1) is 25.9. The number of hydrogen-bond donors (Lipinski definition) is 2. The molecule has 2 N–H and O–H groups in total. The maximum Gasteiger partial charge on any atom is 0.256 e. The lowest BCUT2D eigenvalue weighted by Crippen LogP contribution is -2.46. The molecule has 0 bridgehead atoms. The second-order valence-electron chi connectivity index (χ2n) is 9.38. The van der Waals surface area contributed by atoms with Crippen LogP contribution < -0.4 is 10.0 Å². The predicted octanol–water partition coefficient (Wildman–Crippen LogP) is 4.78. The lowest BCUT2D eigenvalue weighted by Gasteiger charge is -2.32. The van der Waals surface area contributed by atoms with Crippen LogP contribution in [0.1, 0.15) is 54.1 Å². The fourth-order valence-corrected chi connectivity index (χ4v) is 6.20. The molecule has 3 aromatic carbocycles. The Balaban J connectivity index is 1.56. The van der Waals surface area contributed by atoms with E-state index in [4.69, 9.17) is 0 Å². The normalized spacial score (nSPS) is 14.7. The van der Waals surface area contributed by atoms with Crippen molar-refractivity contribution in [2.75, 3.05) is 18.4 Å².